The van der Waals surface area contributed by atoms with Gasteiger partial charge in [-0.3, -0.25) is 0 Å². The predicted octanol–water partition coefficient (Wildman–Crippen LogP) is 1.26. The van der Waals surface area contributed by atoms with E-state index in [0.717, 1.165) is 0 Å². The molecule has 0 unspecified atom stereocenters. The van der Waals surface area contributed by atoms with Gasteiger partial charge in [0, 0.05) is 19.7 Å². The van der Waals surface area contributed by atoms with Crippen molar-refractivity contribution in [2.75, 3.05) is 19.7 Å². The van der Waals surface area contributed by atoms with E-state index in [0.29, 0.717) is 24.1 Å². The van der Waals surface area contributed by atoms with Crippen molar-refractivity contribution in [3.8, 4) is 6.07 Å². The average molecular weight is 282 g/mol. The van der Waals surface area contributed by atoms with Crippen molar-refractivity contribution in [2.45, 2.75) is 25.2 Å². The van der Waals surface area contributed by atoms with Gasteiger partial charge in [-0.15, -0.1) is 0 Å². The summed E-state index contributed by atoms with van der Waals surface area (Å²) in [5.41, 5.74) is 1.11. The molecule has 104 valence electrons. The molecule has 0 fully saturated rings. The van der Waals surface area contributed by atoms with Crippen molar-refractivity contribution >= 4 is 10.0 Å². The molecule has 0 heterocycles. The number of hydrogen-bond acceptors (Lipinski definition) is 4. The van der Waals surface area contributed by atoms with Crippen LogP contribution in [0, 0.1) is 18.3 Å². The number of nitrogens with zero attached hydrogens (tertiary/aromatic N) is 2. The number of nitriles is 1. The quantitative estimate of drug-likeness (QED) is 0.851. The smallest absolute Gasteiger partial charge is 0.243 e. The van der Waals surface area contributed by atoms with Crippen molar-refractivity contribution in [3.63, 3.8) is 0 Å². The predicted molar refractivity (Wildman–Crippen MR) is 72.0 cm³/mol. The van der Waals surface area contributed by atoms with Gasteiger partial charge in [0.05, 0.1) is 16.5 Å². The maximum absolute atomic E-state index is 12.4. The van der Waals surface area contributed by atoms with Gasteiger partial charge in [-0.05, 0) is 37.1 Å². The van der Waals surface area contributed by atoms with Gasteiger partial charge < -0.3 is 5.11 Å². The fourth-order valence-corrected chi connectivity index (χ4v) is 3.34. The normalized spacial score (nSPS) is 11.5. The first-order valence-corrected chi connectivity index (χ1v) is 7.53. The summed E-state index contributed by atoms with van der Waals surface area (Å²) in [6.07, 6.45) is 0.405. The molecule has 5 nitrogen and oxygen atoms in total. The molecule has 0 aromatic heterocycles. The molecule has 19 heavy (non-hydrogen) atoms. The van der Waals surface area contributed by atoms with E-state index >= 15 is 0 Å². The summed E-state index contributed by atoms with van der Waals surface area (Å²) in [4.78, 5) is 0.184. The Morgan fingerprint density at radius 1 is 1.42 bits per heavy atom. The number of aliphatic hydroxyl groups is 1. The largest absolute Gasteiger partial charge is 0.396 e. The van der Waals surface area contributed by atoms with Gasteiger partial charge in [0.1, 0.15) is 0 Å². The molecule has 1 rings (SSSR count). The summed E-state index contributed by atoms with van der Waals surface area (Å²) in [6, 6.07) is 6.48. The topological polar surface area (TPSA) is 81.4 Å². The Hall–Kier alpha value is -1.42. The number of benzene rings is 1. The first-order chi connectivity index (χ1) is 8.97. The standard InChI is InChI=1S/C13H18N2O3S/c1-3-15(7-4-8-16)19(17,18)13-6-5-12(10-14)11(2)9-13/h5-6,9,16H,3-4,7-8H2,1-2H3. The van der Waals surface area contributed by atoms with Crippen molar-refractivity contribution in [3.05, 3.63) is 29.3 Å². The fourth-order valence-electron chi connectivity index (χ4n) is 1.77. The lowest BCUT2D eigenvalue weighted by molar-refractivity contribution is 0.271. The van der Waals surface area contributed by atoms with E-state index in [-0.39, 0.29) is 18.0 Å². The zero-order valence-electron chi connectivity index (χ0n) is 11.1. The summed E-state index contributed by atoms with van der Waals surface area (Å²) in [5.74, 6) is 0. The number of hydrogen-bond donors (Lipinski definition) is 1. The molecule has 0 saturated carbocycles. The van der Waals surface area contributed by atoms with Crippen LogP contribution >= 0.6 is 0 Å². The van der Waals surface area contributed by atoms with Gasteiger partial charge in [-0.25, -0.2) is 8.42 Å². The van der Waals surface area contributed by atoms with Gasteiger partial charge in [0.25, 0.3) is 0 Å². The minimum absolute atomic E-state index is 0.0432. The van der Waals surface area contributed by atoms with Crippen LogP contribution in [0.2, 0.25) is 0 Å². The van der Waals surface area contributed by atoms with Crippen LogP contribution in [-0.2, 0) is 10.0 Å². The molecule has 0 radical (unpaired) electrons. The van der Waals surface area contributed by atoms with Crippen LogP contribution < -0.4 is 0 Å². The Labute approximate surface area is 114 Å². The van der Waals surface area contributed by atoms with E-state index < -0.39 is 10.0 Å². The summed E-state index contributed by atoms with van der Waals surface area (Å²) in [7, 11) is -3.56. The Bertz CT molecular complexity index is 576. The zero-order valence-corrected chi connectivity index (χ0v) is 11.9. The summed E-state index contributed by atoms with van der Waals surface area (Å²) < 4.78 is 26.1. The Kier molecular flexibility index (Phi) is 5.48. The van der Waals surface area contributed by atoms with Crippen molar-refractivity contribution < 1.29 is 13.5 Å². The molecule has 1 aromatic rings. The van der Waals surface area contributed by atoms with Crippen molar-refractivity contribution in [1.29, 1.82) is 5.26 Å². The SMILES string of the molecule is CCN(CCCO)S(=O)(=O)c1ccc(C#N)c(C)c1. The summed E-state index contributed by atoms with van der Waals surface area (Å²) in [6.45, 7) is 4.06. The third-order valence-corrected chi connectivity index (χ3v) is 4.84. The molecule has 1 aromatic carbocycles. The highest BCUT2D eigenvalue weighted by molar-refractivity contribution is 7.89. The lowest BCUT2D eigenvalue weighted by atomic mass is 10.1. The van der Waals surface area contributed by atoms with Crippen LogP contribution in [0.4, 0.5) is 0 Å². The highest BCUT2D eigenvalue weighted by atomic mass is 32.2. The first-order valence-electron chi connectivity index (χ1n) is 6.09. The van der Waals surface area contributed by atoms with Gasteiger partial charge in [-0.1, -0.05) is 6.92 Å². The van der Waals surface area contributed by atoms with Crippen LogP contribution in [0.15, 0.2) is 23.1 Å². The first kappa shape index (κ1) is 15.6. The average Bonchev–Trinajstić information content (AvgIpc) is 2.39. The second kappa shape index (κ2) is 6.66. The van der Waals surface area contributed by atoms with Crippen LogP contribution in [0.25, 0.3) is 0 Å². The molecule has 0 aliphatic heterocycles. The molecule has 0 aliphatic rings. The summed E-state index contributed by atoms with van der Waals surface area (Å²) >= 11 is 0. The van der Waals surface area contributed by atoms with E-state index in [9.17, 15) is 8.42 Å². The second-order valence-corrected chi connectivity index (χ2v) is 6.10. The molecule has 0 saturated heterocycles. The lowest BCUT2D eigenvalue weighted by Gasteiger charge is -2.20. The number of rotatable bonds is 6. The van der Waals surface area contributed by atoms with Gasteiger partial charge in [0.2, 0.25) is 10.0 Å². The number of aryl methyl sites for hydroxylation is 1. The summed E-state index contributed by atoms with van der Waals surface area (Å²) in [5, 5.41) is 17.6. The molecule has 0 atom stereocenters. The highest BCUT2D eigenvalue weighted by Crippen LogP contribution is 2.19. The molecule has 0 spiro atoms. The molecule has 0 bridgehead atoms. The van der Waals surface area contributed by atoms with Gasteiger partial charge in [-0.2, -0.15) is 9.57 Å². The third kappa shape index (κ3) is 3.53. The Morgan fingerprint density at radius 3 is 2.58 bits per heavy atom. The molecule has 1 N–H and O–H groups in total. The minimum Gasteiger partial charge on any atom is -0.396 e. The molecule has 0 aliphatic carbocycles. The lowest BCUT2D eigenvalue weighted by Crippen LogP contribution is -2.32. The molecular formula is C13H18N2O3S. The molecular weight excluding hydrogens is 264 g/mol. The molecule has 0 amide bonds. The van der Waals surface area contributed by atoms with Crippen LogP contribution in [0.3, 0.4) is 0 Å². The second-order valence-electron chi connectivity index (χ2n) is 4.16. The van der Waals surface area contributed by atoms with E-state index in [1.807, 2.05) is 6.07 Å². The number of sulfonamides is 1. The van der Waals surface area contributed by atoms with E-state index in [1.165, 1.54) is 22.5 Å². The zero-order chi connectivity index (χ0) is 14.5. The van der Waals surface area contributed by atoms with Gasteiger partial charge in [0.15, 0.2) is 0 Å². The van der Waals surface area contributed by atoms with Crippen LogP contribution in [0.1, 0.15) is 24.5 Å². The molecule has 6 heteroatoms. The number of aliphatic hydroxyl groups excluding tert-OH is 1. The van der Waals surface area contributed by atoms with E-state index in [4.69, 9.17) is 10.4 Å². The van der Waals surface area contributed by atoms with Crippen LogP contribution in [-0.4, -0.2) is 37.5 Å². The third-order valence-electron chi connectivity index (χ3n) is 2.87. The van der Waals surface area contributed by atoms with Crippen LogP contribution in [0.5, 0.6) is 0 Å². The Morgan fingerprint density at radius 2 is 2.11 bits per heavy atom. The fraction of sp³-hybridized carbons (Fsp3) is 0.462. The van der Waals surface area contributed by atoms with E-state index in [2.05, 4.69) is 0 Å². The minimum atomic E-state index is -3.56. The van der Waals surface area contributed by atoms with E-state index in [1.54, 1.807) is 13.8 Å². The monoisotopic (exact) mass is 282 g/mol. The maximum Gasteiger partial charge on any atom is 0.243 e. The Balaban J connectivity index is 3.12. The van der Waals surface area contributed by atoms with Crippen molar-refractivity contribution in [1.82, 2.24) is 4.31 Å². The maximum atomic E-state index is 12.4. The van der Waals surface area contributed by atoms with Gasteiger partial charge >= 0.3 is 0 Å². The highest BCUT2D eigenvalue weighted by Gasteiger charge is 2.22. The van der Waals surface area contributed by atoms with Crippen molar-refractivity contribution in [2.24, 2.45) is 0 Å².